The minimum atomic E-state index is 0.766. The maximum absolute atomic E-state index is 9.66. The molecule has 0 aliphatic rings. The average Bonchev–Trinajstić information content (AvgIpc) is 2.60. The number of rotatable bonds is 4. The zero-order valence-electron chi connectivity index (χ0n) is 10.8. The van der Waals surface area contributed by atoms with Crippen LogP contribution in [0.5, 0.6) is 0 Å². The molecule has 0 radical (unpaired) electrons. The molecule has 4 heteroatoms. The molecule has 1 heterocycles. The smallest absolute Gasteiger partial charge is 0.0805 e. The highest BCUT2D eigenvalue weighted by Gasteiger charge is 2.13. The number of nitrogens with two attached hydrogens (primary N) is 1. The summed E-state index contributed by atoms with van der Waals surface area (Å²) >= 11 is 0. The van der Waals surface area contributed by atoms with Crippen molar-refractivity contribution < 1.29 is 5.21 Å². The molecule has 0 unspecified atom stereocenters. The Labute approximate surface area is 107 Å². The fraction of sp³-hybridized carbons (Fsp3) is 0.357. The average molecular weight is 245 g/mol. The molecule has 0 saturated carbocycles. The maximum atomic E-state index is 9.66. The topological polar surface area (TPSA) is 64.1 Å². The molecular weight excluding hydrogens is 226 g/mol. The van der Waals surface area contributed by atoms with Crippen LogP contribution in [0.1, 0.15) is 35.9 Å². The fourth-order valence-electron chi connectivity index (χ4n) is 2.09. The van der Waals surface area contributed by atoms with E-state index in [0.29, 0.717) is 0 Å². The van der Waals surface area contributed by atoms with Crippen LogP contribution in [0.2, 0.25) is 0 Å². The quantitative estimate of drug-likeness (QED) is 0.642. The van der Waals surface area contributed by atoms with E-state index in [-0.39, 0.29) is 0 Å². The molecule has 1 aromatic carbocycles. The summed E-state index contributed by atoms with van der Waals surface area (Å²) in [7, 11) is 0. The van der Waals surface area contributed by atoms with Crippen LogP contribution in [0.3, 0.4) is 0 Å². The number of nitrogens with zero attached hydrogens (tertiary/aromatic N) is 2. The molecule has 0 amide bonds. The standard InChI is InChI=1S/C14H19N3O/c1-3-4-14-13(10(2)17(18)16-14)9-11-5-7-12(15)8-6-11/h5-8,18H,3-4,9,15H2,1-2H3. The van der Waals surface area contributed by atoms with E-state index in [2.05, 4.69) is 12.0 Å². The number of hydrogen-bond donors (Lipinski definition) is 2. The minimum Gasteiger partial charge on any atom is -0.411 e. The van der Waals surface area contributed by atoms with Crippen LogP contribution in [-0.4, -0.2) is 15.2 Å². The molecule has 2 rings (SSSR count). The van der Waals surface area contributed by atoms with Crippen molar-refractivity contribution in [3.8, 4) is 0 Å². The third-order valence-corrected chi connectivity index (χ3v) is 3.15. The summed E-state index contributed by atoms with van der Waals surface area (Å²) in [6.45, 7) is 4.00. The molecule has 4 nitrogen and oxygen atoms in total. The Morgan fingerprint density at radius 1 is 1.28 bits per heavy atom. The second-order valence-corrected chi connectivity index (χ2v) is 4.57. The summed E-state index contributed by atoms with van der Waals surface area (Å²) in [5.41, 5.74) is 10.5. The second-order valence-electron chi connectivity index (χ2n) is 4.57. The van der Waals surface area contributed by atoms with E-state index in [1.165, 1.54) is 5.56 Å². The van der Waals surface area contributed by atoms with E-state index in [9.17, 15) is 5.21 Å². The molecule has 0 aliphatic carbocycles. The predicted octanol–water partition coefficient (Wildman–Crippen LogP) is 2.55. The lowest BCUT2D eigenvalue weighted by Gasteiger charge is -2.04. The Morgan fingerprint density at radius 2 is 1.94 bits per heavy atom. The zero-order valence-corrected chi connectivity index (χ0v) is 10.8. The molecule has 0 atom stereocenters. The van der Waals surface area contributed by atoms with E-state index in [0.717, 1.165) is 46.7 Å². The third kappa shape index (κ3) is 2.47. The van der Waals surface area contributed by atoms with Crippen LogP contribution in [0, 0.1) is 6.92 Å². The van der Waals surface area contributed by atoms with Gasteiger partial charge in [0.15, 0.2) is 0 Å². The van der Waals surface area contributed by atoms with Crippen LogP contribution in [0.15, 0.2) is 24.3 Å². The van der Waals surface area contributed by atoms with Gasteiger partial charge >= 0.3 is 0 Å². The minimum absolute atomic E-state index is 0.766. The maximum Gasteiger partial charge on any atom is 0.0805 e. The van der Waals surface area contributed by atoms with Gasteiger partial charge in [0.1, 0.15) is 0 Å². The molecule has 0 bridgehead atoms. The Bertz CT molecular complexity index is 529. The van der Waals surface area contributed by atoms with E-state index < -0.39 is 0 Å². The number of aromatic nitrogens is 2. The molecule has 0 fully saturated rings. The van der Waals surface area contributed by atoms with Gasteiger partial charge in [-0.05, 0) is 31.0 Å². The zero-order chi connectivity index (χ0) is 13.1. The van der Waals surface area contributed by atoms with Gasteiger partial charge < -0.3 is 10.9 Å². The molecule has 96 valence electrons. The predicted molar refractivity (Wildman–Crippen MR) is 71.8 cm³/mol. The molecule has 3 N–H and O–H groups in total. The molecular formula is C14H19N3O. The van der Waals surface area contributed by atoms with Crippen LogP contribution in [-0.2, 0) is 12.8 Å². The van der Waals surface area contributed by atoms with E-state index >= 15 is 0 Å². The highest BCUT2D eigenvalue weighted by Crippen LogP contribution is 2.19. The third-order valence-electron chi connectivity index (χ3n) is 3.15. The molecule has 0 spiro atoms. The van der Waals surface area contributed by atoms with E-state index in [1.54, 1.807) is 0 Å². The summed E-state index contributed by atoms with van der Waals surface area (Å²) in [4.78, 5) is 0.984. The molecule has 0 aliphatic heterocycles. The summed E-state index contributed by atoms with van der Waals surface area (Å²) in [5.74, 6) is 0. The van der Waals surface area contributed by atoms with Gasteiger partial charge in [0.05, 0.1) is 11.4 Å². The number of benzene rings is 1. The van der Waals surface area contributed by atoms with Gasteiger partial charge in [-0.15, -0.1) is 9.94 Å². The van der Waals surface area contributed by atoms with Crippen molar-refractivity contribution in [3.63, 3.8) is 0 Å². The number of anilines is 1. The molecule has 0 saturated heterocycles. The Balaban J connectivity index is 2.30. The lowest BCUT2D eigenvalue weighted by Crippen LogP contribution is -1.96. The fourth-order valence-corrected chi connectivity index (χ4v) is 2.09. The second kappa shape index (κ2) is 5.12. The van der Waals surface area contributed by atoms with Crippen LogP contribution in [0.25, 0.3) is 0 Å². The first-order valence-corrected chi connectivity index (χ1v) is 6.23. The number of aryl methyl sites for hydroxylation is 1. The van der Waals surface area contributed by atoms with Gasteiger partial charge in [0.25, 0.3) is 0 Å². The van der Waals surface area contributed by atoms with Crippen LogP contribution < -0.4 is 5.73 Å². The highest BCUT2D eigenvalue weighted by molar-refractivity contribution is 5.41. The van der Waals surface area contributed by atoms with Crippen molar-refractivity contribution in [3.05, 3.63) is 46.8 Å². The summed E-state index contributed by atoms with van der Waals surface area (Å²) in [5, 5.41) is 13.8. The van der Waals surface area contributed by atoms with E-state index in [4.69, 9.17) is 5.73 Å². The molecule has 2 aromatic rings. The first-order valence-electron chi connectivity index (χ1n) is 6.23. The van der Waals surface area contributed by atoms with Crippen molar-refractivity contribution in [2.75, 3.05) is 5.73 Å². The van der Waals surface area contributed by atoms with Gasteiger partial charge in [-0.2, -0.15) is 0 Å². The normalized spacial score (nSPS) is 10.8. The van der Waals surface area contributed by atoms with Crippen molar-refractivity contribution in [1.29, 1.82) is 0 Å². The van der Waals surface area contributed by atoms with Crippen LogP contribution >= 0.6 is 0 Å². The Kier molecular flexibility index (Phi) is 3.55. The largest absolute Gasteiger partial charge is 0.411 e. The monoisotopic (exact) mass is 245 g/mol. The summed E-state index contributed by atoms with van der Waals surface area (Å²) in [6, 6.07) is 7.82. The van der Waals surface area contributed by atoms with Gasteiger partial charge in [-0.3, -0.25) is 0 Å². The number of nitrogen functional groups attached to an aromatic ring is 1. The summed E-state index contributed by atoms with van der Waals surface area (Å²) < 4.78 is 0. The van der Waals surface area contributed by atoms with Gasteiger partial charge in [-0.25, -0.2) is 0 Å². The van der Waals surface area contributed by atoms with E-state index in [1.807, 2.05) is 31.2 Å². The van der Waals surface area contributed by atoms with Crippen LogP contribution in [0.4, 0.5) is 5.69 Å². The van der Waals surface area contributed by atoms with Gasteiger partial charge in [0, 0.05) is 17.7 Å². The Hall–Kier alpha value is -1.97. The molecule has 18 heavy (non-hydrogen) atoms. The highest BCUT2D eigenvalue weighted by atomic mass is 16.5. The SMILES string of the molecule is CCCc1nn(O)c(C)c1Cc1ccc(N)cc1. The lowest BCUT2D eigenvalue weighted by atomic mass is 10.0. The van der Waals surface area contributed by atoms with Gasteiger partial charge in [0.2, 0.25) is 0 Å². The lowest BCUT2D eigenvalue weighted by molar-refractivity contribution is 0.141. The first kappa shape index (κ1) is 12.5. The Morgan fingerprint density at radius 3 is 2.56 bits per heavy atom. The molecule has 1 aromatic heterocycles. The van der Waals surface area contributed by atoms with Crippen molar-refractivity contribution in [2.45, 2.75) is 33.1 Å². The first-order chi connectivity index (χ1) is 8.61. The van der Waals surface area contributed by atoms with Crippen molar-refractivity contribution in [1.82, 2.24) is 9.94 Å². The summed E-state index contributed by atoms with van der Waals surface area (Å²) in [6.07, 6.45) is 2.69. The van der Waals surface area contributed by atoms with Crippen molar-refractivity contribution >= 4 is 5.69 Å². The number of hydrogen-bond acceptors (Lipinski definition) is 3. The van der Waals surface area contributed by atoms with Crippen molar-refractivity contribution in [2.24, 2.45) is 0 Å². The van der Waals surface area contributed by atoms with Gasteiger partial charge in [-0.1, -0.05) is 25.5 Å².